The lowest BCUT2D eigenvalue weighted by atomic mass is 10.2. The summed E-state index contributed by atoms with van der Waals surface area (Å²) in [6, 6.07) is 0. The number of imide groups is 1. The molecule has 0 bridgehead atoms. The fourth-order valence-electron chi connectivity index (χ4n) is 0.675. The normalized spacial score (nSPS) is 8.90. The molecule has 0 N–H and O–H groups in total. The zero-order valence-corrected chi connectivity index (χ0v) is 6.25. The number of unbranched alkanes of at least 4 members (excludes halogenated alkanes) is 2. The van der Waals surface area contributed by atoms with Gasteiger partial charge in [-0.25, -0.2) is 0 Å². The first kappa shape index (κ1) is 9.14. The highest BCUT2D eigenvalue weighted by Gasteiger charge is 1.95. The van der Waals surface area contributed by atoms with Crippen LogP contribution < -0.4 is 0 Å². The first-order valence-electron chi connectivity index (χ1n) is 3.51. The maximum Gasteiger partial charge on any atom is 0.216 e. The monoisotopic (exact) mass is 143 g/mol. The highest BCUT2D eigenvalue weighted by Crippen LogP contribution is 1.93. The minimum Gasteiger partial charge on any atom is -0.288 e. The van der Waals surface area contributed by atoms with Gasteiger partial charge in [-0.3, -0.25) is 14.5 Å². The van der Waals surface area contributed by atoms with E-state index in [0.29, 0.717) is 19.4 Å². The lowest BCUT2D eigenvalue weighted by molar-refractivity contribution is -0.129. The Balaban J connectivity index is 3.25. The van der Waals surface area contributed by atoms with Gasteiger partial charge in [-0.15, -0.1) is 0 Å². The fraction of sp³-hybridized carbons (Fsp3) is 0.714. The maximum atomic E-state index is 10.0. The first-order chi connectivity index (χ1) is 4.85. The van der Waals surface area contributed by atoms with Crippen molar-refractivity contribution in [1.82, 2.24) is 4.90 Å². The quantitative estimate of drug-likeness (QED) is 0.407. The largest absolute Gasteiger partial charge is 0.288 e. The topological polar surface area (TPSA) is 37.4 Å². The van der Waals surface area contributed by atoms with Gasteiger partial charge in [0.2, 0.25) is 12.8 Å². The molecule has 10 heavy (non-hydrogen) atoms. The van der Waals surface area contributed by atoms with Crippen LogP contribution in [0, 0.1) is 0 Å². The smallest absolute Gasteiger partial charge is 0.216 e. The SMILES string of the molecule is CCCCCN(C=O)C=O. The molecule has 0 unspecified atom stereocenters. The van der Waals surface area contributed by atoms with Gasteiger partial charge < -0.3 is 0 Å². The van der Waals surface area contributed by atoms with Gasteiger partial charge in [0.1, 0.15) is 0 Å². The lowest BCUT2D eigenvalue weighted by Crippen LogP contribution is -2.20. The van der Waals surface area contributed by atoms with E-state index in [0.717, 1.165) is 24.2 Å². The molecular formula is C7H13NO2. The molecule has 58 valence electrons. The second kappa shape index (κ2) is 6.26. The molecule has 0 saturated carbocycles. The molecule has 0 aliphatic rings. The van der Waals surface area contributed by atoms with Crippen molar-refractivity contribution in [2.24, 2.45) is 0 Å². The van der Waals surface area contributed by atoms with Gasteiger partial charge in [-0.05, 0) is 6.42 Å². The molecule has 0 radical (unpaired) electrons. The summed E-state index contributed by atoms with van der Waals surface area (Å²) in [7, 11) is 0. The average molecular weight is 143 g/mol. The third kappa shape index (κ3) is 4.06. The molecule has 0 atom stereocenters. The van der Waals surface area contributed by atoms with E-state index in [2.05, 4.69) is 6.92 Å². The molecule has 0 heterocycles. The van der Waals surface area contributed by atoms with E-state index < -0.39 is 0 Å². The van der Waals surface area contributed by atoms with Crippen molar-refractivity contribution in [2.75, 3.05) is 6.54 Å². The predicted octanol–water partition coefficient (Wildman–Crippen LogP) is 0.791. The van der Waals surface area contributed by atoms with E-state index in [4.69, 9.17) is 0 Å². The number of nitrogens with zero attached hydrogens (tertiary/aromatic N) is 1. The van der Waals surface area contributed by atoms with Crippen LogP contribution in [0.4, 0.5) is 0 Å². The molecule has 0 aromatic heterocycles. The van der Waals surface area contributed by atoms with Crippen LogP contribution in [0.2, 0.25) is 0 Å². The van der Waals surface area contributed by atoms with Gasteiger partial charge in [-0.2, -0.15) is 0 Å². The van der Waals surface area contributed by atoms with Crippen LogP contribution in [0.3, 0.4) is 0 Å². The Bertz CT molecular complexity index is 95.8. The highest BCUT2D eigenvalue weighted by molar-refractivity contribution is 5.68. The lowest BCUT2D eigenvalue weighted by Gasteiger charge is -2.06. The van der Waals surface area contributed by atoms with Crippen molar-refractivity contribution < 1.29 is 9.59 Å². The van der Waals surface area contributed by atoms with Gasteiger partial charge in [0, 0.05) is 6.54 Å². The zero-order chi connectivity index (χ0) is 7.82. The standard InChI is InChI=1S/C7H13NO2/c1-2-3-4-5-8(6-9)7-10/h6-7H,2-5H2,1H3. The molecule has 0 rings (SSSR count). The number of amides is 2. The Morgan fingerprint density at radius 2 is 1.80 bits per heavy atom. The first-order valence-corrected chi connectivity index (χ1v) is 3.51. The molecule has 0 aliphatic heterocycles. The maximum absolute atomic E-state index is 10.0. The Morgan fingerprint density at radius 1 is 1.20 bits per heavy atom. The highest BCUT2D eigenvalue weighted by atomic mass is 16.2. The van der Waals surface area contributed by atoms with E-state index in [-0.39, 0.29) is 0 Å². The summed E-state index contributed by atoms with van der Waals surface area (Å²) in [4.78, 5) is 21.2. The van der Waals surface area contributed by atoms with Crippen molar-refractivity contribution in [3.8, 4) is 0 Å². The van der Waals surface area contributed by atoms with Crippen molar-refractivity contribution >= 4 is 12.8 Å². The van der Waals surface area contributed by atoms with E-state index in [9.17, 15) is 9.59 Å². The van der Waals surface area contributed by atoms with Gasteiger partial charge in [0.15, 0.2) is 0 Å². The van der Waals surface area contributed by atoms with Crippen molar-refractivity contribution in [2.45, 2.75) is 26.2 Å². The Hall–Kier alpha value is -0.860. The molecule has 0 saturated heterocycles. The number of carbonyl (C=O) groups is 2. The molecule has 0 aliphatic carbocycles. The Kier molecular flexibility index (Phi) is 5.72. The van der Waals surface area contributed by atoms with E-state index in [1.807, 2.05) is 0 Å². The summed E-state index contributed by atoms with van der Waals surface area (Å²) < 4.78 is 0. The molecule has 2 amide bonds. The van der Waals surface area contributed by atoms with Gasteiger partial charge in [0.05, 0.1) is 0 Å². The number of rotatable bonds is 6. The minimum absolute atomic E-state index is 0.556. The van der Waals surface area contributed by atoms with Crippen LogP contribution in [0.25, 0.3) is 0 Å². The number of hydrogen-bond acceptors (Lipinski definition) is 2. The van der Waals surface area contributed by atoms with Crippen molar-refractivity contribution in [1.29, 1.82) is 0 Å². The minimum atomic E-state index is 0.556. The van der Waals surface area contributed by atoms with E-state index in [1.165, 1.54) is 0 Å². The van der Waals surface area contributed by atoms with Crippen LogP contribution in [-0.2, 0) is 9.59 Å². The Labute approximate surface area is 61.0 Å². The molecule has 0 aromatic rings. The number of carbonyl (C=O) groups excluding carboxylic acids is 2. The summed E-state index contributed by atoms with van der Waals surface area (Å²) in [6.07, 6.45) is 4.20. The van der Waals surface area contributed by atoms with Crippen LogP contribution >= 0.6 is 0 Å². The van der Waals surface area contributed by atoms with Crippen molar-refractivity contribution in [3.05, 3.63) is 0 Å². The molecular weight excluding hydrogens is 130 g/mol. The summed E-state index contributed by atoms with van der Waals surface area (Å²) in [6.45, 7) is 2.63. The molecule has 3 heteroatoms. The molecule has 0 fully saturated rings. The predicted molar refractivity (Wildman–Crippen MR) is 38.4 cm³/mol. The summed E-state index contributed by atoms with van der Waals surface area (Å²) in [5.74, 6) is 0. The van der Waals surface area contributed by atoms with E-state index >= 15 is 0 Å². The zero-order valence-electron chi connectivity index (χ0n) is 6.25. The van der Waals surface area contributed by atoms with Gasteiger partial charge >= 0.3 is 0 Å². The van der Waals surface area contributed by atoms with Crippen molar-refractivity contribution in [3.63, 3.8) is 0 Å². The molecule has 0 spiro atoms. The summed E-state index contributed by atoms with van der Waals surface area (Å²) in [5, 5.41) is 0. The average Bonchev–Trinajstić information content (AvgIpc) is 1.99. The number of hydrogen-bond donors (Lipinski definition) is 0. The fourth-order valence-corrected chi connectivity index (χ4v) is 0.675. The van der Waals surface area contributed by atoms with Gasteiger partial charge in [0.25, 0.3) is 0 Å². The third-order valence-corrected chi connectivity index (χ3v) is 1.29. The second-order valence-corrected chi connectivity index (χ2v) is 2.16. The summed E-state index contributed by atoms with van der Waals surface area (Å²) >= 11 is 0. The van der Waals surface area contributed by atoms with Crippen LogP contribution in [0.15, 0.2) is 0 Å². The molecule has 3 nitrogen and oxygen atoms in total. The van der Waals surface area contributed by atoms with E-state index in [1.54, 1.807) is 0 Å². The molecule has 0 aromatic carbocycles. The van der Waals surface area contributed by atoms with Gasteiger partial charge in [-0.1, -0.05) is 19.8 Å². The Morgan fingerprint density at radius 3 is 2.20 bits per heavy atom. The second-order valence-electron chi connectivity index (χ2n) is 2.16. The van der Waals surface area contributed by atoms with Crippen LogP contribution in [-0.4, -0.2) is 24.3 Å². The van der Waals surface area contributed by atoms with Crippen LogP contribution in [0.1, 0.15) is 26.2 Å². The summed E-state index contributed by atoms with van der Waals surface area (Å²) in [5.41, 5.74) is 0. The van der Waals surface area contributed by atoms with Crippen LogP contribution in [0.5, 0.6) is 0 Å². The third-order valence-electron chi connectivity index (χ3n) is 1.29.